The molecule has 0 aliphatic carbocycles. The summed E-state index contributed by atoms with van der Waals surface area (Å²) < 4.78 is 7.52. The Morgan fingerprint density at radius 3 is 3.00 bits per heavy atom. The number of rotatable bonds is 8. The molecule has 0 radical (unpaired) electrons. The van der Waals surface area contributed by atoms with E-state index in [2.05, 4.69) is 23.3 Å². The fraction of sp³-hybridized carbons (Fsp3) is 0.467. The van der Waals surface area contributed by atoms with Gasteiger partial charge in [0.1, 0.15) is 12.4 Å². The van der Waals surface area contributed by atoms with Crippen LogP contribution in [0.3, 0.4) is 0 Å². The SMILES string of the molecule is Cc1cccc(OCCn2cc(CCCCN)nn2)c1. The molecule has 2 aromatic rings. The third-order valence-electron chi connectivity index (χ3n) is 3.05. The first-order valence-corrected chi connectivity index (χ1v) is 7.06. The van der Waals surface area contributed by atoms with Gasteiger partial charge in [-0.3, -0.25) is 0 Å². The molecule has 2 N–H and O–H groups in total. The molecule has 0 aliphatic rings. The van der Waals surface area contributed by atoms with Gasteiger partial charge in [-0.2, -0.15) is 0 Å². The Morgan fingerprint density at radius 1 is 1.30 bits per heavy atom. The lowest BCUT2D eigenvalue weighted by Crippen LogP contribution is -2.08. The zero-order valence-corrected chi connectivity index (χ0v) is 12.0. The molecule has 0 saturated heterocycles. The van der Waals surface area contributed by atoms with Gasteiger partial charge in [0.25, 0.3) is 0 Å². The molecule has 0 aliphatic heterocycles. The van der Waals surface area contributed by atoms with Crippen molar-refractivity contribution in [2.24, 2.45) is 5.73 Å². The van der Waals surface area contributed by atoms with Crippen molar-refractivity contribution < 1.29 is 4.74 Å². The van der Waals surface area contributed by atoms with Crippen molar-refractivity contribution in [1.82, 2.24) is 15.0 Å². The number of hydrogen-bond acceptors (Lipinski definition) is 4. The highest BCUT2D eigenvalue weighted by Crippen LogP contribution is 2.12. The van der Waals surface area contributed by atoms with E-state index in [1.807, 2.05) is 29.1 Å². The van der Waals surface area contributed by atoms with Crippen LogP contribution in [0.15, 0.2) is 30.5 Å². The van der Waals surface area contributed by atoms with Crippen LogP contribution < -0.4 is 10.5 Å². The van der Waals surface area contributed by atoms with Gasteiger partial charge in [0.2, 0.25) is 0 Å². The van der Waals surface area contributed by atoms with Crippen molar-refractivity contribution in [2.45, 2.75) is 32.7 Å². The lowest BCUT2D eigenvalue weighted by molar-refractivity contribution is 0.289. The minimum atomic E-state index is 0.592. The summed E-state index contributed by atoms with van der Waals surface area (Å²) in [5.74, 6) is 0.897. The Kier molecular flexibility index (Phi) is 5.55. The molecular weight excluding hydrogens is 252 g/mol. The van der Waals surface area contributed by atoms with Crippen molar-refractivity contribution in [3.05, 3.63) is 41.7 Å². The first-order valence-electron chi connectivity index (χ1n) is 7.06. The molecular formula is C15H22N4O. The van der Waals surface area contributed by atoms with Crippen LogP contribution in [0.25, 0.3) is 0 Å². The molecule has 1 aromatic carbocycles. The Hall–Kier alpha value is -1.88. The maximum absolute atomic E-state index is 5.69. The molecule has 0 spiro atoms. The van der Waals surface area contributed by atoms with Crippen LogP contribution in [0.2, 0.25) is 0 Å². The topological polar surface area (TPSA) is 66.0 Å². The van der Waals surface area contributed by atoms with Crippen molar-refractivity contribution in [1.29, 1.82) is 0 Å². The van der Waals surface area contributed by atoms with Gasteiger partial charge in [-0.1, -0.05) is 17.3 Å². The van der Waals surface area contributed by atoms with Gasteiger partial charge in [-0.15, -0.1) is 5.10 Å². The summed E-state index contributed by atoms with van der Waals surface area (Å²) in [7, 11) is 0. The zero-order valence-electron chi connectivity index (χ0n) is 12.0. The van der Waals surface area contributed by atoms with E-state index in [0.717, 1.165) is 37.3 Å². The zero-order chi connectivity index (χ0) is 14.2. The minimum absolute atomic E-state index is 0.592. The van der Waals surface area contributed by atoms with Crippen LogP contribution >= 0.6 is 0 Å². The van der Waals surface area contributed by atoms with Gasteiger partial charge in [-0.05, 0) is 50.4 Å². The Morgan fingerprint density at radius 2 is 2.20 bits per heavy atom. The molecule has 0 fully saturated rings. The Labute approximate surface area is 119 Å². The molecule has 5 heteroatoms. The molecule has 0 amide bonds. The fourth-order valence-electron chi connectivity index (χ4n) is 1.97. The van der Waals surface area contributed by atoms with E-state index in [-0.39, 0.29) is 0 Å². The summed E-state index contributed by atoms with van der Waals surface area (Å²) in [5.41, 5.74) is 7.69. The second-order valence-electron chi connectivity index (χ2n) is 4.88. The molecule has 5 nitrogen and oxygen atoms in total. The van der Waals surface area contributed by atoms with Crippen molar-refractivity contribution in [3.63, 3.8) is 0 Å². The normalized spacial score (nSPS) is 10.7. The second kappa shape index (κ2) is 7.65. The van der Waals surface area contributed by atoms with Gasteiger partial charge >= 0.3 is 0 Å². The highest BCUT2D eigenvalue weighted by Gasteiger charge is 2.01. The number of unbranched alkanes of at least 4 members (excludes halogenated alkanes) is 1. The summed E-state index contributed by atoms with van der Waals surface area (Å²) in [5, 5.41) is 8.24. The molecule has 20 heavy (non-hydrogen) atoms. The molecule has 0 atom stereocenters. The third-order valence-corrected chi connectivity index (χ3v) is 3.05. The predicted octanol–water partition coefficient (Wildman–Crippen LogP) is 1.95. The van der Waals surface area contributed by atoms with Gasteiger partial charge in [-0.25, -0.2) is 4.68 Å². The smallest absolute Gasteiger partial charge is 0.119 e. The van der Waals surface area contributed by atoms with E-state index in [0.29, 0.717) is 13.2 Å². The summed E-state index contributed by atoms with van der Waals surface area (Å²) in [6, 6.07) is 8.04. The van der Waals surface area contributed by atoms with Gasteiger partial charge in [0.15, 0.2) is 0 Å². The van der Waals surface area contributed by atoms with Crippen LogP contribution in [0.4, 0.5) is 0 Å². The van der Waals surface area contributed by atoms with E-state index < -0.39 is 0 Å². The number of nitrogens with two attached hydrogens (primary N) is 1. The molecule has 0 bridgehead atoms. The number of hydrogen-bond donors (Lipinski definition) is 1. The van der Waals surface area contributed by atoms with Crippen LogP contribution in [-0.4, -0.2) is 28.1 Å². The van der Waals surface area contributed by atoms with Gasteiger partial charge < -0.3 is 10.5 Å². The number of benzene rings is 1. The average molecular weight is 274 g/mol. The summed E-state index contributed by atoms with van der Waals surface area (Å²) in [6.07, 6.45) is 5.02. The summed E-state index contributed by atoms with van der Waals surface area (Å²) in [6.45, 7) is 4.09. The molecule has 0 unspecified atom stereocenters. The minimum Gasteiger partial charge on any atom is -0.492 e. The quantitative estimate of drug-likeness (QED) is 0.747. The Balaban J connectivity index is 1.74. The van der Waals surface area contributed by atoms with E-state index in [4.69, 9.17) is 10.5 Å². The van der Waals surface area contributed by atoms with E-state index in [1.165, 1.54) is 5.56 Å². The van der Waals surface area contributed by atoms with Crippen LogP contribution in [-0.2, 0) is 13.0 Å². The van der Waals surface area contributed by atoms with Crippen LogP contribution in [0.1, 0.15) is 24.1 Å². The lowest BCUT2D eigenvalue weighted by atomic mass is 10.2. The van der Waals surface area contributed by atoms with Crippen molar-refractivity contribution >= 4 is 0 Å². The Bertz CT molecular complexity index is 524. The van der Waals surface area contributed by atoms with Crippen LogP contribution in [0.5, 0.6) is 5.75 Å². The van der Waals surface area contributed by atoms with E-state index >= 15 is 0 Å². The highest BCUT2D eigenvalue weighted by molar-refractivity contribution is 5.27. The standard InChI is InChI=1S/C15H22N4O/c1-13-5-4-7-15(11-13)20-10-9-19-12-14(17-18-19)6-2-3-8-16/h4-5,7,11-12H,2-3,6,8-10,16H2,1H3. The van der Waals surface area contributed by atoms with Gasteiger partial charge in [0.05, 0.1) is 12.2 Å². The maximum Gasteiger partial charge on any atom is 0.119 e. The molecule has 108 valence electrons. The lowest BCUT2D eigenvalue weighted by Gasteiger charge is -2.06. The first-order chi connectivity index (χ1) is 9.78. The predicted molar refractivity (Wildman–Crippen MR) is 78.7 cm³/mol. The monoisotopic (exact) mass is 274 g/mol. The largest absolute Gasteiger partial charge is 0.492 e. The van der Waals surface area contributed by atoms with Crippen molar-refractivity contribution in [2.75, 3.05) is 13.2 Å². The maximum atomic E-state index is 5.69. The third kappa shape index (κ3) is 4.66. The second-order valence-corrected chi connectivity index (χ2v) is 4.88. The first kappa shape index (κ1) is 14.5. The number of nitrogens with zero attached hydrogens (tertiary/aromatic N) is 3. The van der Waals surface area contributed by atoms with E-state index in [1.54, 1.807) is 0 Å². The van der Waals surface area contributed by atoms with Crippen LogP contribution in [0, 0.1) is 6.92 Å². The summed E-state index contributed by atoms with van der Waals surface area (Å²) in [4.78, 5) is 0. The number of aryl methyl sites for hydroxylation is 2. The van der Waals surface area contributed by atoms with E-state index in [9.17, 15) is 0 Å². The number of ether oxygens (including phenoxy) is 1. The summed E-state index contributed by atoms with van der Waals surface area (Å²) >= 11 is 0. The van der Waals surface area contributed by atoms with Crippen molar-refractivity contribution in [3.8, 4) is 5.75 Å². The van der Waals surface area contributed by atoms with Gasteiger partial charge in [0, 0.05) is 6.20 Å². The molecule has 1 aromatic heterocycles. The average Bonchev–Trinajstić information content (AvgIpc) is 2.87. The fourth-order valence-corrected chi connectivity index (χ4v) is 1.97. The molecule has 1 heterocycles. The highest BCUT2D eigenvalue weighted by atomic mass is 16.5. The molecule has 2 rings (SSSR count). The molecule has 0 saturated carbocycles. The number of aromatic nitrogens is 3.